The average molecular weight is 351 g/mol. The van der Waals surface area contributed by atoms with E-state index in [2.05, 4.69) is 21.2 Å². The first kappa shape index (κ1) is 14.8. The molecule has 0 spiro atoms. The third-order valence-corrected chi connectivity index (χ3v) is 3.62. The smallest absolute Gasteiger partial charge is 0.248 e. The molecule has 0 unspecified atom stereocenters. The lowest BCUT2D eigenvalue weighted by Gasteiger charge is -2.04. The number of rotatable bonds is 3. The van der Waals surface area contributed by atoms with Crippen molar-refractivity contribution in [3.8, 4) is 0 Å². The normalized spacial score (nSPS) is 10.8. The quantitative estimate of drug-likeness (QED) is 0.770. The van der Waals surface area contributed by atoms with Crippen molar-refractivity contribution < 1.29 is 4.79 Å². The maximum atomic E-state index is 11.8. The second kappa shape index (κ2) is 6.73. The van der Waals surface area contributed by atoms with Gasteiger partial charge in [0.25, 0.3) is 0 Å². The Kier molecular flexibility index (Phi) is 4.99. The van der Waals surface area contributed by atoms with Gasteiger partial charge in [0, 0.05) is 21.3 Å². The number of amides is 1. The molecule has 102 valence electrons. The third kappa shape index (κ3) is 4.22. The highest BCUT2D eigenvalue weighted by atomic mass is 79.9. The van der Waals surface area contributed by atoms with Crippen LogP contribution in [0.25, 0.3) is 6.08 Å². The number of carbonyl (C=O) groups is 1. The van der Waals surface area contributed by atoms with Crippen LogP contribution in [0.15, 0.2) is 53.0 Å². The lowest BCUT2D eigenvalue weighted by molar-refractivity contribution is -0.111. The second-order valence-corrected chi connectivity index (χ2v) is 5.66. The molecule has 4 heteroatoms. The SMILES string of the molecule is Cc1ccc(NC(=O)/C=C/c2cccc(Br)c2)cc1Cl. The van der Waals surface area contributed by atoms with Crippen LogP contribution in [0.4, 0.5) is 5.69 Å². The van der Waals surface area contributed by atoms with Crippen molar-refractivity contribution in [3.63, 3.8) is 0 Å². The molecule has 2 nitrogen and oxygen atoms in total. The first-order valence-corrected chi connectivity index (χ1v) is 7.22. The first-order chi connectivity index (χ1) is 9.54. The first-order valence-electron chi connectivity index (χ1n) is 6.05. The zero-order chi connectivity index (χ0) is 14.5. The Morgan fingerprint density at radius 2 is 2.05 bits per heavy atom. The number of hydrogen-bond donors (Lipinski definition) is 1. The van der Waals surface area contributed by atoms with Crippen LogP contribution < -0.4 is 5.32 Å². The summed E-state index contributed by atoms with van der Waals surface area (Å²) in [6.07, 6.45) is 3.26. The molecule has 2 aromatic carbocycles. The minimum absolute atomic E-state index is 0.190. The molecule has 0 aromatic heterocycles. The van der Waals surface area contributed by atoms with E-state index in [0.717, 1.165) is 15.6 Å². The van der Waals surface area contributed by atoms with Crippen LogP contribution in [0.1, 0.15) is 11.1 Å². The van der Waals surface area contributed by atoms with Crippen LogP contribution in [-0.4, -0.2) is 5.91 Å². The molecular formula is C16H13BrClNO. The summed E-state index contributed by atoms with van der Waals surface area (Å²) in [6, 6.07) is 13.2. The fraction of sp³-hybridized carbons (Fsp3) is 0.0625. The topological polar surface area (TPSA) is 29.1 Å². The lowest BCUT2D eigenvalue weighted by atomic mass is 10.2. The van der Waals surface area contributed by atoms with Gasteiger partial charge in [0.15, 0.2) is 0 Å². The molecular weight excluding hydrogens is 338 g/mol. The Balaban J connectivity index is 2.03. The minimum Gasteiger partial charge on any atom is -0.322 e. The van der Waals surface area contributed by atoms with Gasteiger partial charge in [0.1, 0.15) is 0 Å². The number of benzene rings is 2. The van der Waals surface area contributed by atoms with Crippen LogP contribution in [0.3, 0.4) is 0 Å². The van der Waals surface area contributed by atoms with Gasteiger partial charge in [0.05, 0.1) is 0 Å². The summed E-state index contributed by atoms with van der Waals surface area (Å²) in [5.41, 5.74) is 2.62. The molecule has 0 aliphatic rings. The predicted molar refractivity (Wildman–Crippen MR) is 88.0 cm³/mol. The van der Waals surface area contributed by atoms with E-state index in [1.165, 1.54) is 6.08 Å². The fourth-order valence-electron chi connectivity index (χ4n) is 1.64. The number of anilines is 1. The predicted octanol–water partition coefficient (Wildman–Crippen LogP) is 5.06. The summed E-state index contributed by atoms with van der Waals surface area (Å²) in [5.74, 6) is -0.190. The third-order valence-electron chi connectivity index (χ3n) is 2.72. The zero-order valence-electron chi connectivity index (χ0n) is 10.9. The van der Waals surface area contributed by atoms with E-state index in [1.807, 2.05) is 43.3 Å². The monoisotopic (exact) mass is 349 g/mol. The number of nitrogens with one attached hydrogen (secondary N) is 1. The molecule has 20 heavy (non-hydrogen) atoms. The molecule has 0 bridgehead atoms. The molecule has 1 amide bonds. The van der Waals surface area contributed by atoms with Crippen molar-refractivity contribution in [2.75, 3.05) is 5.32 Å². The number of halogens is 2. The van der Waals surface area contributed by atoms with E-state index < -0.39 is 0 Å². The highest BCUT2D eigenvalue weighted by Gasteiger charge is 2.00. The Bertz CT molecular complexity index is 667. The van der Waals surface area contributed by atoms with Crippen molar-refractivity contribution >= 4 is 45.2 Å². The van der Waals surface area contributed by atoms with E-state index in [1.54, 1.807) is 12.1 Å². The minimum atomic E-state index is -0.190. The van der Waals surface area contributed by atoms with Crippen molar-refractivity contribution in [2.45, 2.75) is 6.92 Å². The summed E-state index contributed by atoms with van der Waals surface area (Å²) in [5, 5.41) is 3.41. The van der Waals surface area contributed by atoms with E-state index in [0.29, 0.717) is 10.7 Å². The second-order valence-electron chi connectivity index (χ2n) is 4.34. The Morgan fingerprint density at radius 3 is 2.75 bits per heavy atom. The van der Waals surface area contributed by atoms with Crippen molar-refractivity contribution in [1.29, 1.82) is 0 Å². The van der Waals surface area contributed by atoms with Gasteiger partial charge in [-0.15, -0.1) is 0 Å². The van der Waals surface area contributed by atoms with Gasteiger partial charge >= 0.3 is 0 Å². The molecule has 0 heterocycles. The standard InChI is InChI=1S/C16H13BrClNO/c1-11-5-7-14(10-15(11)18)19-16(20)8-6-12-3-2-4-13(17)9-12/h2-10H,1H3,(H,19,20)/b8-6+. The molecule has 0 fully saturated rings. The largest absolute Gasteiger partial charge is 0.322 e. The van der Waals surface area contributed by atoms with Gasteiger partial charge in [-0.2, -0.15) is 0 Å². The average Bonchev–Trinajstić information content (AvgIpc) is 2.41. The summed E-state index contributed by atoms with van der Waals surface area (Å²) in [6.45, 7) is 1.92. The fourth-order valence-corrected chi connectivity index (χ4v) is 2.23. The van der Waals surface area contributed by atoms with Gasteiger partial charge in [-0.3, -0.25) is 4.79 Å². The summed E-state index contributed by atoms with van der Waals surface area (Å²) >= 11 is 9.40. The van der Waals surface area contributed by atoms with Crippen molar-refractivity contribution in [2.24, 2.45) is 0 Å². The molecule has 2 aromatic rings. The highest BCUT2D eigenvalue weighted by Crippen LogP contribution is 2.20. The number of hydrogen-bond acceptors (Lipinski definition) is 1. The van der Waals surface area contributed by atoms with Crippen LogP contribution in [-0.2, 0) is 4.79 Å². The van der Waals surface area contributed by atoms with E-state index >= 15 is 0 Å². The van der Waals surface area contributed by atoms with E-state index in [-0.39, 0.29) is 5.91 Å². The summed E-state index contributed by atoms with van der Waals surface area (Å²) in [4.78, 5) is 11.8. The van der Waals surface area contributed by atoms with Crippen LogP contribution in [0.5, 0.6) is 0 Å². The number of carbonyl (C=O) groups excluding carboxylic acids is 1. The maximum Gasteiger partial charge on any atom is 0.248 e. The number of aryl methyl sites for hydroxylation is 1. The summed E-state index contributed by atoms with van der Waals surface area (Å²) < 4.78 is 0.977. The Labute approximate surface area is 131 Å². The van der Waals surface area contributed by atoms with Crippen molar-refractivity contribution in [1.82, 2.24) is 0 Å². The van der Waals surface area contributed by atoms with E-state index in [4.69, 9.17) is 11.6 Å². The van der Waals surface area contributed by atoms with Gasteiger partial charge in [0.2, 0.25) is 5.91 Å². The van der Waals surface area contributed by atoms with Crippen LogP contribution >= 0.6 is 27.5 Å². The van der Waals surface area contributed by atoms with Gasteiger partial charge in [-0.05, 0) is 48.4 Å². The molecule has 0 radical (unpaired) electrons. The zero-order valence-corrected chi connectivity index (χ0v) is 13.2. The maximum absolute atomic E-state index is 11.8. The van der Waals surface area contributed by atoms with Gasteiger partial charge in [-0.25, -0.2) is 0 Å². The summed E-state index contributed by atoms with van der Waals surface area (Å²) in [7, 11) is 0. The lowest BCUT2D eigenvalue weighted by Crippen LogP contribution is -2.07. The molecule has 0 aliphatic carbocycles. The Morgan fingerprint density at radius 1 is 1.25 bits per heavy atom. The van der Waals surface area contributed by atoms with Crippen molar-refractivity contribution in [3.05, 3.63) is 69.2 Å². The Hall–Kier alpha value is -1.58. The molecule has 2 rings (SSSR count). The van der Waals surface area contributed by atoms with Crippen LogP contribution in [0.2, 0.25) is 5.02 Å². The van der Waals surface area contributed by atoms with Gasteiger partial charge < -0.3 is 5.32 Å². The molecule has 0 saturated heterocycles. The van der Waals surface area contributed by atoms with Gasteiger partial charge in [-0.1, -0.05) is 45.7 Å². The molecule has 0 atom stereocenters. The van der Waals surface area contributed by atoms with E-state index in [9.17, 15) is 4.79 Å². The molecule has 1 N–H and O–H groups in total. The molecule has 0 saturated carbocycles. The highest BCUT2D eigenvalue weighted by molar-refractivity contribution is 9.10. The molecule has 0 aliphatic heterocycles. The van der Waals surface area contributed by atoms with Crippen LogP contribution in [0, 0.1) is 6.92 Å².